The lowest BCUT2D eigenvalue weighted by Crippen LogP contribution is -2.00. The van der Waals surface area contributed by atoms with Gasteiger partial charge in [0.15, 0.2) is 0 Å². The molecule has 18 heavy (non-hydrogen) atoms. The van der Waals surface area contributed by atoms with Gasteiger partial charge < -0.3 is 5.11 Å². The van der Waals surface area contributed by atoms with Gasteiger partial charge in [-0.25, -0.2) is 0 Å². The van der Waals surface area contributed by atoms with Crippen LogP contribution in [0.5, 0.6) is 0 Å². The van der Waals surface area contributed by atoms with Crippen molar-refractivity contribution in [3.8, 4) is 0 Å². The third-order valence-corrected chi connectivity index (χ3v) is 3.26. The Morgan fingerprint density at radius 2 is 1.67 bits per heavy atom. The fraction of sp³-hybridized carbons (Fsp3) is 0.400. The molecular formula is C15H20N2O. The molecule has 2 aromatic rings. The van der Waals surface area contributed by atoms with Crippen LogP contribution >= 0.6 is 0 Å². The van der Waals surface area contributed by atoms with Crippen molar-refractivity contribution in [3.63, 3.8) is 0 Å². The number of nitrogens with zero attached hydrogens (tertiary/aromatic N) is 2. The number of aromatic nitrogens is 2. The molecule has 1 unspecified atom stereocenters. The lowest BCUT2D eigenvalue weighted by molar-refractivity contribution is 0.219. The van der Waals surface area contributed by atoms with Crippen LogP contribution in [-0.4, -0.2) is 14.9 Å². The van der Waals surface area contributed by atoms with Crippen molar-refractivity contribution in [2.75, 3.05) is 0 Å². The van der Waals surface area contributed by atoms with Crippen molar-refractivity contribution < 1.29 is 5.11 Å². The van der Waals surface area contributed by atoms with Gasteiger partial charge in [0.25, 0.3) is 0 Å². The SMILES string of the molecule is Cc1nn(C)cc1C(O)c1ccc(C(C)C)cc1. The highest BCUT2D eigenvalue weighted by atomic mass is 16.3. The molecule has 96 valence electrons. The highest BCUT2D eigenvalue weighted by Gasteiger charge is 2.15. The van der Waals surface area contributed by atoms with Crippen LogP contribution in [0.4, 0.5) is 0 Å². The minimum atomic E-state index is -0.597. The monoisotopic (exact) mass is 244 g/mol. The summed E-state index contributed by atoms with van der Waals surface area (Å²) in [5.41, 5.74) is 3.94. The van der Waals surface area contributed by atoms with E-state index in [4.69, 9.17) is 0 Å². The molecule has 0 aliphatic carbocycles. The fourth-order valence-corrected chi connectivity index (χ4v) is 2.13. The summed E-state index contributed by atoms with van der Waals surface area (Å²) >= 11 is 0. The molecule has 1 aromatic heterocycles. The summed E-state index contributed by atoms with van der Waals surface area (Å²) in [5.74, 6) is 0.510. The predicted octanol–water partition coefficient (Wildman–Crippen LogP) is 2.93. The van der Waals surface area contributed by atoms with E-state index in [9.17, 15) is 5.11 Å². The summed E-state index contributed by atoms with van der Waals surface area (Å²) in [5, 5.41) is 14.6. The Labute approximate surface area is 108 Å². The van der Waals surface area contributed by atoms with Crippen molar-refractivity contribution in [3.05, 3.63) is 52.8 Å². The first kappa shape index (κ1) is 12.8. The Morgan fingerprint density at radius 1 is 1.11 bits per heavy atom. The smallest absolute Gasteiger partial charge is 0.107 e. The number of aliphatic hydroxyl groups excluding tert-OH is 1. The van der Waals surface area contributed by atoms with E-state index in [1.165, 1.54) is 5.56 Å². The van der Waals surface area contributed by atoms with Crippen LogP contribution in [0.1, 0.15) is 48.3 Å². The molecule has 0 saturated heterocycles. The minimum Gasteiger partial charge on any atom is -0.384 e. The van der Waals surface area contributed by atoms with Crippen LogP contribution in [0.3, 0.4) is 0 Å². The molecule has 0 bridgehead atoms. The minimum absolute atomic E-state index is 0.510. The average Bonchev–Trinajstić information content (AvgIpc) is 2.67. The number of rotatable bonds is 3. The molecular weight excluding hydrogens is 224 g/mol. The van der Waals surface area contributed by atoms with Crippen molar-refractivity contribution >= 4 is 0 Å². The molecule has 1 N–H and O–H groups in total. The molecule has 0 spiro atoms. The molecule has 1 heterocycles. The summed E-state index contributed by atoms with van der Waals surface area (Å²) in [4.78, 5) is 0. The normalized spacial score (nSPS) is 13.0. The molecule has 0 aliphatic rings. The van der Waals surface area contributed by atoms with E-state index >= 15 is 0 Å². The summed E-state index contributed by atoms with van der Waals surface area (Å²) in [6, 6.07) is 8.14. The maximum absolute atomic E-state index is 10.4. The second kappa shape index (κ2) is 4.94. The zero-order valence-electron chi connectivity index (χ0n) is 11.4. The molecule has 3 nitrogen and oxygen atoms in total. The van der Waals surface area contributed by atoms with Gasteiger partial charge in [-0.1, -0.05) is 38.1 Å². The Kier molecular flexibility index (Phi) is 3.53. The van der Waals surface area contributed by atoms with Gasteiger partial charge in [0.05, 0.1) is 5.69 Å². The van der Waals surface area contributed by atoms with Crippen LogP contribution in [-0.2, 0) is 7.05 Å². The zero-order valence-corrected chi connectivity index (χ0v) is 11.4. The van der Waals surface area contributed by atoms with Crippen LogP contribution in [0.15, 0.2) is 30.5 Å². The zero-order chi connectivity index (χ0) is 13.3. The topological polar surface area (TPSA) is 38.0 Å². The molecule has 1 atom stereocenters. The lowest BCUT2D eigenvalue weighted by Gasteiger charge is -2.12. The number of benzene rings is 1. The number of aliphatic hydroxyl groups is 1. The highest BCUT2D eigenvalue weighted by molar-refractivity contribution is 5.33. The van der Waals surface area contributed by atoms with Crippen molar-refractivity contribution in [1.82, 2.24) is 9.78 Å². The summed E-state index contributed by atoms with van der Waals surface area (Å²) in [6.07, 6.45) is 1.27. The van der Waals surface area contributed by atoms with Gasteiger partial charge >= 0.3 is 0 Å². The fourth-order valence-electron chi connectivity index (χ4n) is 2.13. The highest BCUT2D eigenvalue weighted by Crippen LogP contribution is 2.25. The summed E-state index contributed by atoms with van der Waals surface area (Å²) in [7, 11) is 1.87. The third-order valence-electron chi connectivity index (χ3n) is 3.26. The first-order chi connectivity index (χ1) is 8.49. The Morgan fingerprint density at radius 3 is 2.11 bits per heavy atom. The summed E-state index contributed by atoms with van der Waals surface area (Å²) in [6.45, 7) is 6.24. The molecule has 3 heteroatoms. The van der Waals surface area contributed by atoms with Gasteiger partial charge in [-0.2, -0.15) is 5.10 Å². The maximum atomic E-state index is 10.4. The van der Waals surface area contributed by atoms with Crippen LogP contribution in [0.25, 0.3) is 0 Å². The quantitative estimate of drug-likeness (QED) is 0.901. The average molecular weight is 244 g/mol. The molecule has 2 rings (SSSR count). The molecule has 1 aromatic carbocycles. The maximum Gasteiger partial charge on any atom is 0.107 e. The number of hydrogen-bond donors (Lipinski definition) is 1. The van der Waals surface area contributed by atoms with Crippen LogP contribution in [0, 0.1) is 6.92 Å². The van der Waals surface area contributed by atoms with Gasteiger partial charge in [0, 0.05) is 18.8 Å². The van der Waals surface area contributed by atoms with E-state index in [1.54, 1.807) is 4.68 Å². The van der Waals surface area contributed by atoms with E-state index in [0.29, 0.717) is 5.92 Å². The van der Waals surface area contributed by atoms with Crippen LogP contribution in [0.2, 0.25) is 0 Å². The van der Waals surface area contributed by atoms with E-state index in [1.807, 2.05) is 32.3 Å². The molecule has 0 saturated carbocycles. The van der Waals surface area contributed by atoms with Crippen molar-refractivity contribution in [2.45, 2.75) is 32.8 Å². The Balaban J connectivity index is 2.28. The second-order valence-electron chi connectivity index (χ2n) is 5.07. The van der Waals surface area contributed by atoms with E-state index in [0.717, 1.165) is 16.8 Å². The van der Waals surface area contributed by atoms with E-state index in [2.05, 4.69) is 31.1 Å². The van der Waals surface area contributed by atoms with Gasteiger partial charge in [0.1, 0.15) is 6.10 Å². The van der Waals surface area contributed by atoms with Crippen molar-refractivity contribution in [2.24, 2.45) is 7.05 Å². The van der Waals surface area contributed by atoms with E-state index in [-0.39, 0.29) is 0 Å². The number of hydrogen-bond acceptors (Lipinski definition) is 2. The summed E-state index contributed by atoms with van der Waals surface area (Å²) < 4.78 is 1.73. The van der Waals surface area contributed by atoms with Gasteiger partial charge in [-0.3, -0.25) is 4.68 Å². The molecule has 0 fully saturated rings. The van der Waals surface area contributed by atoms with Gasteiger partial charge in [-0.15, -0.1) is 0 Å². The Bertz CT molecular complexity index is 526. The number of aryl methyl sites for hydroxylation is 2. The van der Waals surface area contributed by atoms with E-state index < -0.39 is 6.10 Å². The molecule has 0 amide bonds. The molecule has 0 radical (unpaired) electrons. The lowest BCUT2D eigenvalue weighted by atomic mass is 9.97. The predicted molar refractivity (Wildman–Crippen MR) is 72.5 cm³/mol. The second-order valence-corrected chi connectivity index (χ2v) is 5.07. The van der Waals surface area contributed by atoms with Crippen molar-refractivity contribution in [1.29, 1.82) is 0 Å². The third kappa shape index (κ3) is 2.46. The first-order valence-electron chi connectivity index (χ1n) is 6.27. The van der Waals surface area contributed by atoms with Gasteiger partial charge in [0.2, 0.25) is 0 Å². The van der Waals surface area contributed by atoms with Gasteiger partial charge in [-0.05, 0) is 24.0 Å². The largest absolute Gasteiger partial charge is 0.384 e. The standard InChI is InChI=1S/C15H20N2O/c1-10(2)12-5-7-13(8-6-12)15(18)14-9-17(4)16-11(14)3/h5-10,15,18H,1-4H3. The first-order valence-corrected chi connectivity index (χ1v) is 6.27. The van der Waals surface area contributed by atoms with Crippen LogP contribution < -0.4 is 0 Å². The molecule has 0 aliphatic heterocycles. The Hall–Kier alpha value is -1.61.